The van der Waals surface area contributed by atoms with Gasteiger partial charge in [0.1, 0.15) is 0 Å². The van der Waals surface area contributed by atoms with Crippen molar-refractivity contribution in [3.63, 3.8) is 0 Å². The van der Waals surface area contributed by atoms with E-state index in [-0.39, 0.29) is 0 Å². The fourth-order valence-corrected chi connectivity index (χ4v) is 0.834. The Morgan fingerprint density at radius 1 is 1.75 bits per heavy atom. The molecule has 0 saturated carbocycles. The number of imidazole rings is 1. The Morgan fingerprint density at radius 3 is 3.12 bits per heavy atom. The molecule has 1 rings (SSSR count). The van der Waals surface area contributed by atoms with Gasteiger partial charge in [0, 0.05) is 0 Å². The quantitative estimate of drug-likeness (QED) is 0.808. The topological polar surface area (TPSA) is 29.9 Å². The molecular formula is C4H5N3W. The van der Waals surface area contributed by atoms with Gasteiger partial charge in [-0.1, -0.05) is 0 Å². The summed E-state index contributed by atoms with van der Waals surface area (Å²) < 4.78 is 3.70. The van der Waals surface area contributed by atoms with E-state index in [2.05, 4.69) is 10.4 Å². The molecule has 0 aliphatic carbocycles. The van der Waals surface area contributed by atoms with Crippen molar-refractivity contribution < 1.29 is 19.4 Å². The Morgan fingerprint density at radius 2 is 2.62 bits per heavy atom. The Balaban J connectivity index is 2.62. The van der Waals surface area contributed by atoms with Crippen LogP contribution in [0.1, 0.15) is 0 Å². The van der Waals surface area contributed by atoms with Gasteiger partial charge in [0.15, 0.2) is 0 Å². The Hall–Kier alpha value is -0.432. The van der Waals surface area contributed by atoms with E-state index in [4.69, 9.17) is 0 Å². The van der Waals surface area contributed by atoms with Crippen LogP contribution in [0.5, 0.6) is 0 Å². The third-order valence-corrected chi connectivity index (χ3v) is 1.08. The molecule has 0 unspecified atom stereocenters. The van der Waals surface area contributed by atoms with Gasteiger partial charge in [-0.25, -0.2) is 0 Å². The third kappa shape index (κ3) is 1.27. The van der Waals surface area contributed by atoms with Gasteiger partial charge in [0.05, 0.1) is 0 Å². The van der Waals surface area contributed by atoms with Gasteiger partial charge in [-0.2, -0.15) is 0 Å². The first-order valence-electron chi connectivity index (χ1n) is 2.11. The fourth-order valence-electron chi connectivity index (χ4n) is 0.396. The van der Waals surface area contributed by atoms with Crippen molar-refractivity contribution >= 4 is 4.52 Å². The van der Waals surface area contributed by atoms with Crippen LogP contribution in [0, 0.1) is 0 Å². The number of aromatic nitrogens is 2. The zero-order chi connectivity index (χ0) is 5.82. The van der Waals surface area contributed by atoms with Crippen molar-refractivity contribution in [1.82, 2.24) is 9.66 Å². The van der Waals surface area contributed by atoms with E-state index in [1.165, 1.54) is 19.4 Å². The molecule has 0 aliphatic heterocycles. The van der Waals surface area contributed by atoms with Crippen LogP contribution in [0.4, 0.5) is 0 Å². The third-order valence-electron chi connectivity index (χ3n) is 0.706. The van der Waals surface area contributed by atoms with E-state index >= 15 is 0 Å². The van der Waals surface area contributed by atoms with Crippen LogP contribution in [-0.2, 0) is 19.4 Å². The molecular weight excluding hydrogens is 274 g/mol. The zero-order valence-corrected chi connectivity index (χ0v) is 7.05. The van der Waals surface area contributed by atoms with Crippen LogP contribution in [0.15, 0.2) is 18.7 Å². The second-order valence-corrected chi connectivity index (χ2v) is 2.06. The first-order chi connectivity index (χ1) is 3.93. The molecule has 1 aromatic heterocycles. The Bertz CT molecular complexity index is 158. The molecule has 8 heavy (non-hydrogen) atoms. The van der Waals surface area contributed by atoms with Crippen LogP contribution < -0.4 is 5.43 Å². The van der Waals surface area contributed by atoms with Crippen molar-refractivity contribution in [1.29, 1.82) is 0 Å². The van der Waals surface area contributed by atoms with Gasteiger partial charge < -0.3 is 0 Å². The molecule has 0 spiro atoms. The minimum atomic E-state index is 1.40. The average Bonchev–Trinajstić information content (AvgIpc) is 2.19. The van der Waals surface area contributed by atoms with E-state index in [9.17, 15) is 0 Å². The number of nitrogens with one attached hydrogen (secondary N) is 1. The normalized spacial score (nSPS) is 8.50. The second kappa shape index (κ2) is 2.77. The average molecular weight is 279 g/mol. The maximum absolute atomic E-state index is 3.83. The van der Waals surface area contributed by atoms with Crippen molar-refractivity contribution in [3.8, 4) is 0 Å². The van der Waals surface area contributed by atoms with Gasteiger partial charge in [-0.05, 0) is 0 Å². The van der Waals surface area contributed by atoms with E-state index in [1.54, 1.807) is 17.2 Å². The summed E-state index contributed by atoms with van der Waals surface area (Å²) in [5.41, 5.74) is 2.95. The predicted octanol–water partition coefficient (Wildman–Crippen LogP) is -0.267. The minimum absolute atomic E-state index is 1.40. The second-order valence-electron chi connectivity index (χ2n) is 1.22. The molecule has 0 bridgehead atoms. The molecule has 1 heterocycles. The van der Waals surface area contributed by atoms with Gasteiger partial charge in [0.2, 0.25) is 0 Å². The van der Waals surface area contributed by atoms with Crippen LogP contribution in [0.3, 0.4) is 0 Å². The van der Waals surface area contributed by atoms with Gasteiger partial charge in [0.25, 0.3) is 0 Å². The molecule has 0 radical (unpaired) electrons. The van der Waals surface area contributed by atoms with Crippen LogP contribution >= 0.6 is 0 Å². The summed E-state index contributed by atoms with van der Waals surface area (Å²) >= 11 is 1.40. The van der Waals surface area contributed by atoms with Crippen molar-refractivity contribution in [2.24, 2.45) is 0 Å². The summed E-state index contributed by atoms with van der Waals surface area (Å²) in [6.45, 7) is 0. The summed E-state index contributed by atoms with van der Waals surface area (Å²) in [5, 5.41) is 0. The number of hydrogen-bond donors (Lipinski definition) is 1. The molecule has 0 aromatic carbocycles. The Kier molecular flexibility index (Phi) is 1.98. The fraction of sp³-hybridized carbons (Fsp3) is 0. The van der Waals surface area contributed by atoms with Gasteiger partial charge >= 0.3 is 57.7 Å². The standard InChI is InChI=1S/C4H5N3.W/c1-5-7-3-2-6-4-7;/h1-5H;. The summed E-state index contributed by atoms with van der Waals surface area (Å²) in [6.07, 6.45) is 5.28. The first-order valence-corrected chi connectivity index (χ1v) is 3.81. The molecule has 4 heteroatoms. The number of rotatable bonds is 2. The summed E-state index contributed by atoms with van der Waals surface area (Å²) in [4.78, 5) is 3.83. The SMILES string of the molecule is [W]=[CH]Nn1ccnc1. The van der Waals surface area contributed by atoms with Crippen LogP contribution in [0.2, 0.25) is 0 Å². The Labute approximate surface area is 58.1 Å². The van der Waals surface area contributed by atoms with E-state index in [1.807, 2.05) is 10.7 Å². The van der Waals surface area contributed by atoms with E-state index in [0.717, 1.165) is 0 Å². The molecule has 1 N–H and O–H groups in total. The molecule has 0 fully saturated rings. The van der Waals surface area contributed by atoms with E-state index < -0.39 is 0 Å². The van der Waals surface area contributed by atoms with E-state index in [0.29, 0.717) is 0 Å². The molecule has 3 nitrogen and oxygen atoms in total. The summed E-state index contributed by atoms with van der Waals surface area (Å²) in [6, 6.07) is 0. The molecule has 0 amide bonds. The summed E-state index contributed by atoms with van der Waals surface area (Å²) in [7, 11) is 0. The van der Waals surface area contributed by atoms with Crippen molar-refractivity contribution in [2.75, 3.05) is 5.43 Å². The van der Waals surface area contributed by atoms with Crippen LogP contribution in [0.25, 0.3) is 0 Å². The van der Waals surface area contributed by atoms with Crippen molar-refractivity contribution in [3.05, 3.63) is 18.7 Å². The maximum atomic E-state index is 3.83. The zero-order valence-electron chi connectivity index (χ0n) is 4.11. The molecule has 0 aliphatic rings. The number of hydrogen-bond acceptors (Lipinski definition) is 2. The molecule has 1 aromatic rings. The van der Waals surface area contributed by atoms with Gasteiger partial charge in [-0.15, -0.1) is 0 Å². The molecule has 42 valence electrons. The van der Waals surface area contributed by atoms with Crippen molar-refractivity contribution in [2.45, 2.75) is 0 Å². The predicted molar refractivity (Wildman–Crippen MR) is 27.7 cm³/mol. The summed E-state index contributed by atoms with van der Waals surface area (Å²) in [5.74, 6) is 0. The number of nitrogens with zero attached hydrogens (tertiary/aromatic N) is 2. The molecule has 0 saturated heterocycles. The first kappa shape index (κ1) is 5.70. The van der Waals surface area contributed by atoms with Crippen LogP contribution in [-0.4, -0.2) is 14.2 Å². The van der Waals surface area contributed by atoms with Gasteiger partial charge in [-0.3, -0.25) is 0 Å². The monoisotopic (exact) mass is 279 g/mol. The molecule has 0 atom stereocenters.